The van der Waals surface area contributed by atoms with E-state index < -0.39 is 0 Å². The average Bonchev–Trinajstić information content (AvgIpc) is 2.70. The summed E-state index contributed by atoms with van der Waals surface area (Å²) in [7, 11) is 0. The van der Waals surface area contributed by atoms with Crippen molar-refractivity contribution in [2.24, 2.45) is 17.8 Å². The first-order valence-electron chi connectivity index (χ1n) is 11.0. The Bertz CT molecular complexity index is 522. The fourth-order valence-corrected chi connectivity index (χ4v) is 5.10. The summed E-state index contributed by atoms with van der Waals surface area (Å²) in [6.07, 6.45) is 16.2. The van der Waals surface area contributed by atoms with Gasteiger partial charge >= 0.3 is 5.97 Å². The van der Waals surface area contributed by atoms with Crippen molar-refractivity contribution in [1.82, 2.24) is 0 Å². The van der Waals surface area contributed by atoms with Gasteiger partial charge in [0.25, 0.3) is 0 Å². The molecule has 0 radical (unpaired) electrons. The molecule has 0 atom stereocenters. The molecule has 1 aromatic carbocycles. The highest BCUT2D eigenvalue weighted by Crippen LogP contribution is 2.41. The number of ether oxygens (including phenoxy) is 1. The third kappa shape index (κ3) is 5.59. The molecule has 2 saturated carbocycles. The maximum absolute atomic E-state index is 12.2. The molecule has 2 heteroatoms. The molecule has 3 rings (SSSR count). The summed E-state index contributed by atoms with van der Waals surface area (Å²) < 4.78 is 5.75. The molecule has 0 aromatic heterocycles. The number of unbranched alkanes of at least 4 members (excludes halogenated alkanes) is 2. The van der Waals surface area contributed by atoms with Crippen LogP contribution in [0.3, 0.4) is 0 Å². The minimum absolute atomic E-state index is 0.129. The van der Waals surface area contributed by atoms with Gasteiger partial charge in [0.05, 0.1) is 5.56 Å². The Labute approximate surface area is 159 Å². The molecule has 0 aliphatic heterocycles. The normalized spacial score (nSPS) is 29.3. The van der Waals surface area contributed by atoms with Crippen LogP contribution in [0.2, 0.25) is 0 Å². The van der Waals surface area contributed by atoms with Crippen LogP contribution >= 0.6 is 0 Å². The minimum Gasteiger partial charge on any atom is -0.459 e. The van der Waals surface area contributed by atoms with Gasteiger partial charge in [-0.1, -0.05) is 63.6 Å². The number of benzene rings is 1. The second-order valence-electron chi connectivity index (χ2n) is 8.58. The van der Waals surface area contributed by atoms with Crippen molar-refractivity contribution in [3.63, 3.8) is 0 Å². The van der Waals surface area contributed by atoms with Crippen LogP contribution in [0.4, 0.5) is 0 Å². The molecular weight excluding hydrogens is 320 g/mol. The Balaban J connectivity index is 1.36. The van der Waals surface area contributed by atoms with Crippen molar-refractivity contribution in [2.75, 3.05) is 0 Å². The van der Waals surface area contributed by atoms with Gasteiger partial charge in [-0.2, -0.15) is 0 Å². The van der Waals surface area contributed by atoms with E-state index in [9.17, 15) is 4.79 Å². The molecule has 2 fully saturated rings. The first kappa shape index (κ1) is 19.5. The Morgan fingerprint density at radius 3 is 2.12 bits per heavy atom. The van der Waals surface area contributed by atoms with Crippen molar-refractivity contribution in [1.29, 1.82) is 0 Å². The van der Waals surface area contributed by atoms with Gasteiger partial charge in [0.1, 0.15) is 6.10 Å². The van der Waals surface area contributed by atoms with Crippen molar-refractivity contribution in [3.05, 3.63) is 35.9 Å². The highest BCUT2D eigenvalue weighted by atomic mass is 16.5. The Morgan fingerprint density at radius 1 is 0.885 bits per heavy atom. The van der Waals surface area contributed by atoms with E-state index in [0.717, 1.165) is 30.6 Å². The van der Waals surface area contributed by atoms with Gasteiger partial charge in [-0.25, -0.2) is 4.79 Å². The van der Waals surface area contributed by atoms with E-state index in [2.05, 4.69) is 6.92 Å². The van der Waals surface area contributed by atoms with Crippen molar-refractivity contribution in [2.45, 2.75) is 90.1 Å². The Morgan fingerprint density at radius 2 is 1.50 bits per heavy atom. The number of hydrogen-bond donors (Lipinski definition) is 0. The predicted molar refractivity (Wildman–Crippen MR) is 107 cm³/mol. The molecule has 0 amide bonds. The van der Waals surface area contributed by atoms with Crippen LogP contribution in [-0.4, -0.2) is 12.1 Å². The van der Waals surface area contributed by atoms with E-state index in [4.69, 9.17) is 4.74 Å². The monoisotopic (exact) mass is 356 g/mol. The van der Waals surface area contributed by atoms with Gasteiger partial charge < -0.3 is 4.74 Å². The second kappa shape index (κ2) is 10.1. The van der Waals surface area contributed by atoms with Gasteiger partial charge in [-0.3, -0.25) is 0 Å². The lowest BCUT2D eigenvalue weighted by Crippen LogP contribution is -2.29. The number of esters is 1. The smallest absolute Gasteiger partial charge is 0.338 e. The van der Waals surface area contributed by atoms with Gasteiger partial charge in [-0.05, 0) is 68.4 Å². The molecule has 0 unspecified atom stereocenters. The van der Waals surface area contributed by atoms with Crippen molar-refractivity contribution >= 4 is 5.97 Å². The molecule has 0 N–H and O–H groups in total. The van der Waals surface area contributed by atoms with Gasteiger partial charge in [0.2, 0.25) is 0 Å². The zero-order valence-electron chi connectivity index (χ0n) is 16.5. The minimum atomic E-state index is -0.151. The third-order valence-electron chi connectivity index (χ3n) is 6.78. The lowest BCUT2D eigenvalue weighted by atomic mass is 9.70. The molecule has 2 nitrogen and oxygen atoms in total. The third-order valence-corrected chi connectivity index (χ3v) is 6.78. The predicted octanol–water partition coefficient (Wildman–Crippen LogP) is 6.79. The summed E-state index contributed by atoms with van der Waals surface area (Å²) >= 11 is 0. The summed E-state index contributed by atoms with van der Waals surface area (Å²) in [6.45, 7) is 2.30. The van der Waals surface area contributed by atoms with E-state index in [1.807, 2.05) is 30.3 Å². The Kier molecular flexibility index (Phi) is 7.58. The first-order chi connectivity index (χ1) is 12.8. The van der Waals surface area contributed by atoms with Crippen LogP contribution in [0.15, 0.2) is 30.3 Å². The molecule has 0 spiro atoms. The van der Waals surface area contributed by atoms with Gasteiger partial charge in [0, 0.05) is 0 Å². The fraction of sp³-hybridized carbons (Fsp3) is 0.708. The summed E-state index contributed by atoms with van der Waals surface area (Å²) in [5, 5.41) is 0. The fourth-order valence-electron chi connectivity index (χ4n) is 5.10. The molecule has 2 aliphatic carbocycles. The number of carbonyl (C=O) groups is 1. The van der Waals surface area contributed by atoms with Crippen molar-refractivity contribution < 1.29 is 9.53 Å². The molecule has 0 bridgehead atoms. The topological polar surface area (TPSA) is 26.3 Å². The van der Waals surface area contributed by atoms with Crippen LogP contribution in [0.5, 0.6) is 0 Å². The first-order valence-corrected chi connectivity index (χ1v) is 11.0. The molecule has 26 heavy (non-hydrogen) atoms. The van der Waals surface area contributed by atoms with E-state index in [1.54, 1.807) is 0 Å². The average molecular weight is 357 g/mol. The van der Waals surface area contributed by atoms with E-state index in [-0.39, 0.29) is 12.1 Å². The summed E-state index contributed by atoms with van der Waals surface area (Å²) in [5.41, 5.74) is 0.677. The molecule has 2 aliphatic rings. The van der Waals surface area contributed by atoms with Crippen molar-refractivity contribution in [3.8, 4) is 0 Å². The molecule has 0 saturated heterocycles. The van der Waals surface area contributed by atoms with Crippen LogP contribution < -0.4 is 0 Å². The molecule has 144 valence electrons. The van der Waals surface area contributed by atoms with Gasteiger partial charge in [0.15, 0.2) is 0 Å². The maximum atomic E-state index is 12.2. The zero-order chi connectivity index (χ0) is 18.2. The quantitative estimate of drug-likeness (QED) is 0.397. The van der Waals surface area contributed by atoms with E-state index in [0.29, 0.717) is 5.56 Å². The number of hydrogen-bond acceptors (Lipinski definition) is 2. The van der Waals surface area contributed by atoms with Crippen LogP contribution in [-0.2, 0) is 4.74 Å². The maximum Gasteiger partial charge on any atom is 0.338 e. The van der Waals surface area contributed by atoms with E-state index in [1.165, 1.54) is 64.2 Å². The molecule has 1 aromatic rings. The lowest BCUT2D eigenvalue weighted by Gasteiger charge is -2.37. The molecular formula is C24H36O2. The van der Waals surface area contributed by atoms with Gasteiger partial charge in [-0.15, -0.1) is 0 Å². The largest absolute Gasteiger partial charge is 0.459 e. The van der Waals surface area contributed by atoms with Crippen LogP contribution in [0.1, 0.15) is 94.3 Å². The summed E-state index contributed by atoms with van der Waals surface area (Å²) in [6, 6.07) is 9.40. The van der Waals surface area contributed by atoms with E-state index >= 15 is 0 Å². The Hall–Kier alpha value is -1.31. The lowest BCUT2D eigenvalue weighted by molar-refractivity contribution is 0.0109. The standard InChI is InChI=1S/C24H36O2/c1-2-3-5-8-19-11-13-20(14-12-19)21-15-17-23(18-16-21)26-24(25)22-9-6-4-7-10-22/h4,6-7,9-10,19-21,23H,2-3,5,8,11-18H2,1H3. The second-order valence-corrected chi connectivity index (χ2v) is 8.58. The highest BCUT2D eigenvalue weighted by molar-refractivity contribution is 5.89. The number of rotatable bonds is 7. The zero-order valence-corrected chi connectivity index (χ0v) is 16.5. The number of carbonyl (C=O) groups excluding carboxylic acids is 1. The SMILES string of the molecule is CCCCCC1CCC(C2CCC(OC(=O)c3ccccc3)CC2)CC1. The van der Waals surface area contributed by atoms with Crippen LogP contribution in [0, 0.1) is 17.8 Å². The highest BCUT2D eigenvalue weighted by Gasteiger charge is 2.31. The summed E-state index contributed by atoms with van der Waals surface area (Å²) in [5.74, 6) is 2.66. The summed E-state index contributed by atoms with van der Waals surface area (Å²) in [4.78, 5) is 12.2. The molecule has 0 heterocycles. The van der Waals surface area contributed by atoms with Crippen LogP contribution in [0.25, 0.3) is 0 Å².